The lowest BCUT2D eigenvalue weighted by molar-refractivity contribution is -0.131. The van der Waals surface area contributed by atoms with E-state index in [-0.39, 0.29) is 11.7 Å². The van der Waals surface area contributed by atoms with E-state index in [1.165, 1.54) is 0 Å². The molecule has 0 amide bonds. The Balaban J connectivity index is 0. The zero-order chi connectivity index (χ0) is 13.9. The summed E-state index contributed by atoms with van der Waals surface area (Å²) in [5, 5.41) is 7.60. The molecule has 0 aromatic rings. The molecule has 0 aliphatic carbocycles. The van der Waals surface area contributed by atoms with Crippen LogP contribution in [0, 0.1) is 5.92 Å². The fourth-order valence-electron chi connectivity index (χ4n) is 1.20. The van der Waals surface area contributed by atoms with Gasteiger partial charge in [0.1, 0.15) is 0 Å². The summed E-state index contributed by atoms with van der Waals surface area (Å²) in [5.74, 6) is -0.936. The molecule has 0 radical (unpaired) electrons. The minimum Gasteiger partial charge on any atom is -0.478 e. The van der Waals surface area contributed by atoms with E-state index in [0.717, 1.165) is 31.8 Å². The Morgan fingerprint density at radius 1 is 1.41 bits per heavy atom. The second kappa shape index (κ2) is 10.3. The van der Waals surface area contributed by atoms with Crippen molar-refractivity contribution in [1.29, 1.82) is 0 Å². The van der Waals surface area contributed by atoms with Gasteiger partial charge in [0.15, 0.2) is 0 Å². The Morgan fingerprint density at radius 2 is 1.88 bits per heavy atom. The number of rotatable bonds is 7. The van der Waals surface area contributed by atoms with Crippen LogP contribution in [0.25, 0.3) is 0 Å². The molecule has 0 saturated carbocycles. The molecule has 0 bridgehead atoms. The van der Waals surface area contributed by atoms with E-state index in [1.54, 1.807) is 0 Å². The smallest absolute Gasteiger partial charge is 0.327 e. The van der Waals surface area contributed by atoms with Crippen LogP contribution in [0.15, 0.2) is 12.7 Å². The second-order valence-corrected chi connectivity index (χ2v) is 5.20. The molecule has 0 aromatic heterocycles. The van der Waals surface area contributed by atoms with Gasteiger partial charge in [0, 0.05) is 6.08 Å². The largest absolute Gasteiger partial charge is 0.478 e. The van der Waals surface area contributed by atoms with Crippen LogP contribution in [0.3, 0.4) is 0 Å². The van der Waals surface area contributed by atoms with Crippen LogP contribution in [0.2, 0.25) is 0 Å². The van der Waals surface area contributed by atoms with Gasteiger partial charge in [-0.15, -0.1) is 0 Å². The Hall–Kier alpha value is -0.880. The average molecular weight is 266 g/mol. The molecule has 6 heteroatoms. The monoisotopic (exact) mass is 266 g/mol. The Bertz CT molecular complexity index is 308. The van der Waals surface area contributed by atoms with Crippen molar-refractivity contribution in [3.8, 4) is 0 Å². The molecule has 102 valence electrons. The van der Waals surface area contributed by atoms with Crippen molar-refractivity contribution in [2.75, 3.05) is 5.75 Å². The first-order valence-corrected chi connectivity index (χ1v) is 7.18. The molecule has 0 aliphatic rings. The van der Waals surface area contributed by atoms with Gasteiger partial charge in [-0.3, -0.25) is 4.55 Å². The molecule has 1 unspecified atom stereocenters. The summed E-state index contributed by atoms with van der Waals surface area (Å²) < 4.78 is 29.6. The number of hydrogen-bond donors (Lipinski definition) is 2. The molecule has 17 heavy (non-hydrogen) atoms. The first-order chi connectivity index (χ1) is 7.76. The summed E-state index contributed by atoms with van der Waals surface area (Å²) in [6.45, 7) is 6.98. The van der Waals surface area contributed by atoms with Gasteiger partial charge in [0.25, 0.3) is 10.1 Å². The van der Waals surface area contributed by atoms with Crippen molar-refractivity contribution in [3.63, 3.8) is 0 Å². The summed E-state index contributed by atoms with van der Waals surface area (Å²) in [4.78, 5) is 9.25. The maximum atomic E-state index is 10.5. The highest BCUT2D eigenvalue weighted by molar-refractivity contribution is 7.85. The molecule has 0 spiro atoms. The summed E-state index contributed by atoms with van der Waals surface area (Å²) >= 11 is 0. The number of carboxylic acid groups (broad SMARTS) is 1. The molecule has 0 fully saturated rings. The van der Waals surface area contributed by atoms with Crippen molar-refractivity contribution in [2.24, 2.45) is 5.92 Å². The van der Waals surface area contributed by atoms with Crippen molar-refractivity contribution < 1.29 is 22.9 Å². The normalized spacial score (nSPS) is 12.2. The van der Waals surface area contributed by atoms with E-state index in [4.69, 9.17) is 9.66 Å². The van der Waals surface area contributed by atoms with Crippen molar-refractivity contribution >= 4 is 16.1 Å². The van der Waals surface area contributed by atoms with E-state index in [1.807, 2.05) is 6.92 Å². The maximum Gasteiger partial charge on any atom is 0.327 e. The maximum absolute atomic E-state index is 10.5. The van der Waals surface area contributed by atoms with E-state index >= 15 is 0 Å². The quantitative estimate of drug-likeness (QED) is 0.545. The minimum absolute atomic E-state index is 0.0799. The van der Waals surface area contributed by atoms with E-state index in [0.29, 0.717) is 0 Å². The Labute approximate surface area is 103 Å². The highest BCUT2D eigenvalue weighted by Gasteiger charge is 2.14. The number of carboxylic acids is 1. The number of carbonyl (C=O) groups is 1. The van der Waals surface area contributed by atoms with Gasteiger partial charge < -0.3 is 5.11 Å². The third-order valence-corrected chi connectivity index (χ3v) is 3.06. The summed E-state index contributed by atoms with van der Waals surface area (Å²) in [5.41, 5.74) is 0. The van der Waals surface area contributed by atoms with Crippen LogP contribution in [-0.4, -0.2) is 29.8 Å². The molecule has 0 rings (SSSR count). The summed E-state index contributed by atoms with van der Waals surface area (Å²) in [6, 6.07) is 0. The van der Waals surface area contributed by atoms with E-state index in [9.17, 15) is 13.2 Å². The van der Waals surface area contributed by atoms with Crippen molar-refractivity contribution in [3.05, 3.63) is 12.7 Å². The average Bonchev–Trinajstić information content (AvgIpc) is 2.23. The van der Waals surface area contributed by atoms with Gasteiger partial charge in [-0.05, 0) is 12.3 Å². The minimum atomic E-state index is -3.77. The van der Waals surface area contributed by atoms with Gasteiger partial charge in [-0.25, -0.2) is 4.79 Å². The predicted molar refractivity (Wildman–Crippen MR) is 67.6 cm³/mol. The SMILES string of the molecule is C=CC(=O)O.CCCCC(CC)CS(=O)(=O)O. The topological polar surface area (TPSA) is 91.7 Å². The van der Waals surface area contributed by atoms with Gasteiger partial charge in [-0.2, -0.15) is 8.42 Å². The standard InChI is InChI=1S/C8H18O3S.C3H4O2/c1-3-5-6-8(4-2)7-12(9,10)11;1-2-3(4)5/h8H,3-7H2,1-2H3,(H,9,10,11);2H,1H2,(H,4,5). The highest BCUT2D eigenvalue weighted by Crippen LogP contribution is 2.14. The van der Waals surface area contributed by atoms with Gasteiger partial charge >= 0.3 is 5.97 Å². The van der Waals surface area contributed by atoms with Crippen LogP contribution in [-0.2, 0) is 14.9 Å². The molecule has 2 N–H and O–H groups in total. The molecular weight excluding hydrogens is 244 g/mol. The van der Waals surface area contributed by atoms with Crippen LogP contribution in [0.1, 0.15) is 39.5 Å². The fourth-order valence-corrected chi connectivity index (χ4v) is 2.19. The number of aliphatic carboxylic acids is 1. The first kappa shape index (κ1) is 18.5. The van der Waals surface area contributed by atoms with Crippen molar-refractivity contribution in [2.45, 2.75) is 39.5 Å². The van der Waals surface area contributed by atoms with Crippen LogP contribution in [0.4, 0.5) is 0 Å². The third-order valence-electron chi connectivity index (χ3n) is 2.16. The van der Waals surface area contributed by atoms with Gasteiger partial charge in [-0.1, -0.05) is 39.7 Å². The highest BCUT2D eigenvalue weighted by atomic mass is 32.2. The molecule has 0 saturated heterocycles. The molecule has 5 nitrogen and oxygen atoms in total. The predicted octanol–water partition coefficient (Wildman–Crippen LogP) is 2.35. The molecule has 0 heterocycles. The number of hydrogen-bond acceptors (Lipinski definition) is 3. The third kappa shape index (κ3) is 17.7. The molecule has 1 atom stereocenters. The molecule has 0 aliphatic heterocycles. The zero-order valence-electron chi connectivity index (χ0n) is 10.4. The van der Waals surface area contributed by atoms with Crippen LogP contribution >= 0.6 is 0 Å². The molecule has 0 aromatic carbocycles. The lowest BCUT2D eigenvalue weighted by Crippen LogP contribution is -2.14. The fraction of sp³-hybridized carbons (Fsp3) is 0.727. The van der Waals surface area contributed by atoms with Crippen LogP contribution < -0.4 is 0 Å². The van der Waals surface area contributed by atoms with E-state index in [2.05, 4.69) is 13.5 Å². The van der Waals surface area contributed by atoms with Gasteiger partial charge in [0.2, 0.25) is 0 Å². The number of unbranched alkanes of at least 4 members (excludes halogenated alkanes) is 1. The van der Waals surface area contributed by atoms with E-state index < -0.39 is 16.1 Å². The summed E-state index contributed by atoms with van der Waals surface area (Å²) in [7, 11) is -3.77. The lowest BCUT2D eigenvalue weighted by atomic mass is 10.0. The lowest BCUT2D eigenvalue weighted by Gasteiger charge is -2.11. The first-order valence-electron chi connectivity index (χ1n) is 5.57. The molecular formula is C11H22O5S. The Morgan fingerprint density at radius 3 is 2.12 bits per heavy atom. The Kier molecular flexibility index (Phi) is 11.2. The van der Waals surface area contributed by atoms with Gasteiger partial charge in [0.05, 0.1) is 5.75 Å². The van der Waals surface area contributed by atoms with Crippen LogP contribution in [0.5, 0.6) is 0 Å². The van der Waals surface area contributed by atoms with Crippen molar-refractivity contribution in [1.82, 2.24) is 0 Å². The second-order valence-electron chi connectivity index (χ2n) is 3.71. The zero-order valence-corrected chi connectivity index (χ0v) is 11.2. The summed E-state index contributed by atoms with van der Waals surface area (Å²) in [6.07, 6.45) is 4.66.